The van der Waals surface area contributed by atoms with Gasteiger partial charge in [0.2, 0.25) is 5.88 Å². The first-order valence-electron chi connectivity index (χ1n) is 5.23. The lowest BCUT2D eigenvalue weighted by atomic mass is 10.3. The number of halogens is 1. The van der Waals surface area contributed by atoms with E-state index in [0.717, 1.165) is 11.4 Å². The Kier molecular flexibility index (Phi) is 3.58. The van der Waals surface area contributed by atoms with Crippen LogP contribution >= 0.6 is 11.6 Å². The molecule has 0 N–H and O–H groups in total. The van der Waals surface area contributed by atoms with Crippen molar-refractivity contribution in [2.24, 2.45) is 0 Å². The molecule has 0 aliphatic heterocycles. The van der Waals surface area contributed by atoms with E-state index in [1.165, 1.54) is 0 Å². The van der Waals surface area contributed by atoms with Crippen LogP contribution in [0.25, 0.3) is 0 Å². The van der Waals surface area contributed by atoms with Gasteiger partial charge in [0, 0.05) is 6.07 Å². The van der Waals surface area contributed by atoms with Gasteiger partial charge in [0.25, 0.3) is 0 Å². The molecule has 90 valence electrons. The van der Waals surface area contributed by atoms with Gasteiger partial charge in [0.05, 0.1) is 30.9 Å². The van der Waals surface area contributed by atoms with Crippen molar-refractivity contribution in [3.8, 4) is 5.88 Å². The van der Waals surface area contributed by atoms with Crippen LogP contribution in [0.2, 0.25) is 0 Å². The van der Waals surface area contributed by atoms with Gasteiger partial charge in [-0.25, -0.2) is 9.67 Å². The topological polar surface area (TPSA) is 52.8 Å². The van der Waals surface area contributed by atoms with Crippen LogP contribution in [0.5, 0.6) is 5.88 Å². The third-order valence-electron chi connectivity index (χ3n) is 2.28. The minimum absolute atomic E-state index is 0.137. The minimum atomic E-state index is -0.137. The lowest BCUT2D eigenvalue weighted by Gasteiger charge is -2.02. The van der Waals surface area contributed by atoms with Crippen molar-refractivity contribution >= 4 is 11.6 Å². The molecule has 0 spiro atoms. The molecule has 1 unspecified atom stereocenters. The Morgan fingerprint density at radius 2 is 2.29 bits per heavy atom. The second-order valence-electron chi connectivity index (χ2n) is 3.63. The summed E-state index contributed by atoms with van der Waals surface area (Å²) in [7, 11) is 1.59. The summed E-state index contributed by atoms with van der Waals surface area (Å²) < 4.78 is 6.76. The summed E-state index contributed by atoms with van der Waals surface area (Å²) >= 11 is 5.92. The summed E-state index contributed by atoms with van der Waals surface area (Å²) in [6.45, 7) is 2.41. The van der Waals surface area contributed by atoms with Gasteiger partial charge in [-0.1, -0.05) is 11.3 Å². The molecule has 0 aliphatic carbocycles. The summed E-state index contributed by atoms with van der Waals surface area (Å²) in [4.78, 5) is 4.30. The first kappa shape index (κ1) is 11.9. The summed E-state index contributed by atoms with van der Waals surface area (Å²) in [6, 6.07) is 5.61. The maximum Gasteiger partial charge on any atom is 0.213 e. The van der Waals surface area contributed by atoms with Gasteiger partial charge in [-0.2, -0.15) is 0 Å². The van der Waals surface area contributed by atoms with Gasteiger partial charge in [-0.3, -0.25) is 0 Å². The fraction of sp³-hybridized carbons (Fsp3) is 0.364. The normalized spacial score (nSPS) is 12.4. The number of methoxy groups -OCH3 is 1. The molecule has 0 saturated heterocycles. The largest absolute Gasteiger partial charge is 0.481 e. The molecule has 2 aromatic heterocycles. The van der Waals surface area contributed by atoms with Gasteiger partial charge >= 0.3 is 0 Å². The SMILES string of the molecule is COc1cccc(Cn2cc(C(C)Cl)nn2)n1. The van der Waals surface area contributed by atoms with E-state index in [1.54, 1.807) is 17.9 Å². The highest BCUT2D eigenvalue weighted by Crippen LogP contribution is 2.16. The monoisotopic (exact) mass is 252 g/mol. The molecule has 1 atom stereocenters. The predicted molar refractivity (Wildman–Crippen MR) is 64.2 cm³/mol. The number of alkyl halides is 1. The molecule has 2 rings (SSSR count). The van der Waals surface area contributed by atoms with Crippen LogP contribution in [0, 0.1) is 0 Å². The molecule has 5 nitrogen and oxygen atoms in total. The number of hydrogen-bond acceptors (Lipinski definition) is 4. The van der Waals surface area contributed by atoms with Crippen molar-refractivity contribution in [3.63, 3.8) is 0 Å². The molecule has 17 heavy (non-hydrogen) atoms. The van der Waals surface area contributed by atoms with E-state index in [1.807, 2.05) is 25.3 Å². The number of rotatable bonds is 4. The highest BCUT2D eigenvalue weighted by Gasteiger charge is 2.07. The first-order chi connectivity index (χ1) is 8.19. The van der Waals surface area contributed by atoms with E-state index < -0.39 is 0 Å². The van der Waals surface area contributed by atoms with E-state index in [9.17, 15) is 0 Å². The number of pyridine rings is 1. The average molecular weight is 253 g/mol. The van der Waals surface area contributed by atoms with Crippen molar-refractivity contribution in [2.45, 2.75) is 18.8 Å². The third kappa shape index (κ3) is 2.94. The summed E-state index contributed by atoms with van der Waals surface area (Å²) in [5.74, 6) is 0.591. The third-order valence-corrected chi connectivity index (χ3v) is 2.50. The quantitative estimate of drug-likeness (QED) is 0.782. The van der Waals surface area contributed by atoms with Crippen LogP contribution < -0.4 is 4.74 Å². The van der Waals surface area contributed by atoms with Crippen LogP contribution in [0.1, 0.15) is 23.7 Å². The van der Waals surface area contributed by atoms with Gasteiger partial charge in [0.15, 0.2) is 0 Å². The van der Waals surface area contributed by atoms with Crippen LogP contribution in [0.15, 0.2) is 24.4 Å². The van der Waals surface area contributed by atoms with E-state index >= 15 is 0 Å². The molecule has 0 aliphatic rings. The van der Waals surface area contributed by atoms with Gasteiger partial charge in [-0.15, -0.1) is 16.7 Å². The fourth-order valence-corrected chi connectivity index (χ4v) is 1.50. The maximum absolute atomic E-state index is 5.92. The van der Waals surface area contributed by atoms with Crippen LogP contribution in [-0.2, 0) is 6.54 Å². The van der Waals surface area contributed by atoms with E-state index in [0.29, 0.717) is 12.4 Å². The highest BCUT2D eigenvalue weighted by molar-refractivity contribution is 6.20. The summed E-state index contributed by atoms with van der Waals surface area (Å²) in [5.41, 5.74) is 1.62. The van der Waals surface area contributed by atoms with Crippen molar-refractivity contribution in [1.29, 1.82) is 0 Å². The van der Waals surface area contributed by atoms with Crippen molar-refractivity contribution in [3.05, 3.63) is 35.8 Å². The lowest BCUT2D eigenvalue weighted by Crippen LogP contribution is -2.03. The fourth-order valence-electron chi connectivity index (χ4n) is 1.40. The zero-order valence-corrected chi connectivity index (χ0v) is 10.4. The standard InChI is InChI=1S/C11H13ClN4O/c1-8(12)10-7-16(15-14-10)6-9-4-3-5-11(13-9)17-2/h3-5,7-8H,6H2,1-2H3. The van der Waals surface area contributed by atoms with E-state index in [4.69, 9.17) is 16.3 Å². The van der Waals surface area contributed by atoms with Gasteiger partial charge < -0.3 is 4.74 Å². The molecule has 0 radical (unpaired) electrons. The second kappa shape index (κ2) is 5.14. The number of ether oxygens (including phenoxy) is 1. The zero-order chi connectivity index (χ0) is 12.3. The molecule has 0 aromatic carbocycles. The molecule has 2 heterocycles. The maximum atomic E-state index is 5.92. The minimum Gasteiger partial charge on any atom is -0.481 e. The van der Waals surface area contributed by atoms with Crippen LogP contribution in [0.3, 0.4) is 0 Å². The predicted octanol–water partition coefficient (Wildman–Crippen LogP) is 2.03. The molecule has 0 bridgehead atoms. The Hall–Kier alpha value is -1.62. The second-order valence-corrected chi connectivity index (χ2v) is 4.28. The van der Waals surface area contributed by atoms with E-state index in [2.05, 4.69) is 15.3 Å². The molecule has 6 heteroatoms. The molecule has 2 aromatic rings. The Balaban J connectivity index is 2.13. The first-order valence-corrected chi connectivity index (χ1v) is 5.66. The molecular weight excluding hydrogens is 240 g/mol. The molecular formula is C11H13ClN4O. The average Bonchev–Trinajstić information content (AvgIpc) is 2.78. The Morgan fingerprint density at radius 1 is 1.47 bits per heavy atom. The Labute approximate surface area is 104 Å². The number of hydrogen-bond donors (Lipinski definition) is 0. The highest BCUT2D eigenvalue weighted by atomic mass is 35.5. The number of aromatic nitrogens is 4. The molecule has 0 fully saturated rings. The van der Waals surface area contributed by atoms with Crippen molar-refractivity contribution in [2.75, 3.05) is 7.11 Å². The lowest BCUT2D eigenvalue weighted by molar-refractivity contribution is 0.395. The Morgan fingerprint density at radius 3 is 2.94 bits per heavy atom. The Bertz CT molecular complexity index is 498. The number of nitrogens with zero attached hydrogens (tertiary/aromatic N) is 4. The zero-order valence-electron chi connectivity index (χ0n) is 9.67. The van der Waals surface area contributed by atoms with Crippen LogP contribution in [-0.4, -0.2) is 27.1 Å². The summed E-state index contributed by atoms with van der Waals surface area (Å²) in [5, 5.41) is 7.83. The van der Waals surface area contributed by atoms with Crippen LogP contribution in [0.4, 0.5) is 0 Å². The molecule has 0 amide bonds. The van der Waals surface area contributed by atoms with Gasteiger partial charge in [-0.05, 0) is 13.0 Å². The summed E-state index contributed by atoms with van der Waals surface area (Å²) in [6.07, 6.45) is 1.82. The van der Waals surface area contributed by atoms with Gasteiger partial charge in [0.1, 0.15) is 5.69 Å². The smallest absolute Gasteiger partial charge is 0.213 e. The van der Waals surface area contributed by atoms with Crippen molar-refractivity contribution in [1.82, 2.24) is 20.0 Å². The van der Waals surface area contributed by atoms with E-state index in [-0.39, 0.29) is 5.38 Å². The molecule has 0 saturated carbocycles. The van der Waals surface area contributed by atoms with Crippen molar-refractivity contribution < 1.29 is 4.74 Å².